The minimum absolute atomic E-state index is 0.179. The number of hydrogen-bond donors (Lipinski definition) is 1. The van der Waals surface area contributed by atoms with E-state index in [0.29, 0.717) is 11.6 Å². The van der Waals surface area contributed by atoms with E-state index in [0.717, 1.165) is 10.0 Å². The summed E-state index contributed by atoms with van der Waals surface area (Å²) >= 11 is 9.14. The summed E-state index contributed by atoms with van der Waals surface area (Å²) in [7, 11) is -3.66. The quantitative estimate of drug-likeness (QED) is 0.666. The lowest BCUT2D eigenvalue weighted by atomic mass is 10.2. The van der Waals surface area contributed by atoms with Crippen LogP contribution in [0.25, 0.3) is 0 Å². The number of benzene rings is 2. The van der Waals surface area contributed by atoms with E-state index in [9.17, 15) is 8.42 Å². The van der Waals surface area contributed by atoms with E-state index in [2.05, 4.69) is 25.8 Å². The predicted octanol–water partition coefficient (Wildman–Crippen LogP) is 4.15. The summed E-state index contributed by atoms with van der Waals surface area (Å²) in [6, 6.07) is 15.4. The zero-order chi connectivity index (χ0) is 17.2. The average Bonchev–Trinajstić information content (AvgIpc) is 2.96. The van der Waals surface area contributed by atoms with Crippen LogP contribution in [0, 0.1) is 0 Å². The second kappa shape index (κ2) is 6.96. The molecule has 0 spiro atoms. The third kappa shape index (κ3) is 4.17. The Morgan fingerprint density at radius 2 is 1.71 bits per heavy atom. The summed E-state index contributed by atoms with van der Waals surface area (Å²) < 4.78 is 29.6. The van der Waals surface area contributed by atoms with Gasteiger partial charge < -0.3 is 0 Å². The highest BCUT2D eigenvalue weighted by Gasteiger charge is 2.15. The molecule has 0 fully saturated rings. The fourth-order valence-corrected chi connectivity index (χ4v) is 3.48. The molecule has 0 saturated carbocycles. The van der Waals surface area contributed by atoms with Crippen molar-refractivity contribution in [2.24, 2.45) is 0 Å². The SMILES string of the molecule is O=S(=O)(Nc1ccn(Cc2ccc(Cl)cc2)n1)c1ccc(Br)cc1. The molecule has 0 aliphatic carbocycles. The molecule has 0 aliphatic heterocycles. The van der Waals surface area contributed by atoms with Crippen molar-refractivity contribution in [3.05, 3.63) is 75.9 Å². The first-order valence-electron chi connectivity index (χ1n) is 6.99. The van der Waals surface area contributed by atoms with Gasteiger partial charge in [0.2, 0.25) is 0 Å². The van der Waals surface area contributed by atoms with Gasteiger partial charge in [-0.2, -0.15) is 5.10 Å². The molecule has 0 amide bonds. The molecule has 0 radical (unpaired) electrons. The van der Waals surface area contributed by atoms with Gasteiger partial charge in [0.05, 0.1) is 11.4 Å². The summed E-state index contributed by atoms with van der Waals surface area (Å²) in [5, 5.41) is 4.91. The van der Waals surface area contributed by atoms with E-state index in [1.807, 2.05) is 12.1 Å². The Labute approximate surface area is 153 Å². The van der Waals surface area contributed by atoms with Crippen molar-refractivity contribution in [2.45, 2.75) is 11.4 Å². The molecule has 0 bridgehead atoms. The predicted molar refractivity (Wildman–Crippen MR) is 97.7 cm³/mol. The van der Waals surface area contributed by atoms with E-state index in [-0.39, 0.29) is 10.7 Å². The molecule has 1 aromatic heterocycles. The van der Waals surface area contributed by atoms with Crippen LogP contribution in [0.4, 0.5) is 5.82 Å². The van der Waals surface area contributed by atoms with E-state index in [4.69, 9.17) is 11.6 Å². The minimum atomic E-state index is -3.66. The molecule has 8 heteroatoms. The number of halogens is 2. The van der Waals surface area contributed by atoms with Crippen LogP contribution in [-0.4, -0.2) is 18.2 Å². The van der Waals surface area contributed by atoms with Gasteiger partial charge in [-0.1, -0.05) is 39.7 Å². The van der Waals surface area contributed by atoms with Gasteiger partial charge in [-0.25, -0.2) is 8.42 Å². The van der Waals surface area contributed by atoms with Crippen molar-refractivity contribution in [2.75, 3.05) is 4.72 Å². The number of rotatable bonds is 5. The summed E-state index contributed by atoms with van der Waals surface area (Å²) in [6.07, 6.45) is 1.72. The van der Waals surface area contributed by atoms with Crippen LogP contribution in [-0.2, 0) is 16.6 Å². The first-order valence-corrected chi connectivity index (χ1v) is 9.64. The molecular weight excluding hydrogens is 414 g/mol. The van der Waals surface area contributed by atoms with Gasteiger partial charge in [0.25, 0.3) is 10.0 Å². The van der Waals surface area contributed by atoms with Gasteiger partial charge in [-0.15, -0.1) is 0 Å². The average molecular weight is 427 g/mol. The number of nitrogens with zero attached hydrogens (tertiary/aromatic N) is 2. The number of anilines is 1. The van der Waals surface area contributed by atoms with Crippen LogP contribution in [0.5, 0.6) is 0 Å². The normalized spacial score (nSPS) is 11.4. The van der Waals surface area contributed by atoms with E-state index >= 15 is 0 Å². The summed E-state index contributed by atoms with van der Waals surface area (Å²) in [4.78, 5) is 0.179. The lowest BCUT2D eigenvalue weighted by Crippen LogP contribution is -2.13. The fourth-order valence-electron chi connectivity index (χ4n) is 2.09. The van der Waals surface area contributed by atoms with Crippen LogP contribution >= 0.6 is 27.5 Å². The Kier molecular flexibility index (Phi) is 4.93. The second-order valence-electron chi connectivity index (χ2n) is 5.08. The molecule has 3 rings (SSSR count). The fraction of sp³-hybridized carbons (Fsp3) is 0.0625. The Balaban J connectivity index is 1.73. The number of hydrogen-bond acceptors (Lipinski definition) is 3. The summed E-state index contributed by atoms with van der Waals surface area (Å²) in [5.41, 5.74) is 1.02. The zero-order valence-electron chi connectivity index (χ0n) is 12.4. The largest absolute Gasteiger partial charge is 0.266 e. The Bertz CT molecular complexity index is 938. The van der Waals surface area contributed by atoms with Crippen LogP contribution in [0.15, 0.2) is 70.2 Å². The molecule has 1 heterocycles. The third-order valence-corrected chi connectivity index (χ3v) is 5.41. The number of sulfonamides is 1. The maximum Gasteiger partial charge on any atom is 0.263 e. The maximum absolute atomic E-state index is 12.3. The molecular formula is C16H13BrClN3O2S. The van der Waals surface area contributed by atoms with Crippen LogP contribution in [0.2, 0.25) is 5.02 Å². The molecule has 3 aromatic rings. The first kappa shape index (κ1) is 17.0. The summed E-state index contributed by atoms with van der Waals surface area (Å²) in [5.74, 6) is 0.270. The Morgan fingerprint density at radius 1 is 1.04 bits per heavy atom. The standard InChI is InChI=1S/C16H13BrClN3O2S/c17-13-3-7-15(8-4-13)24(22,23)20-16-9-10-21(19-16)11-12-1-5-14(18)6-2-12/h1-10H,11H2,(H,19,20). The van der Waals surface area contributed by atoms with Gasteiger partial charge in [0.1, 0.15) is 0 Å². The minimum Gasteiger partial charge on any atom is -0.266 e. The second-order valence-corrected chi connectivity index (χ2v) is 8.12. The van der Waals surface area contributed by atoms with E-state index in [1.54, 1.807) is 41.2 Å². The lowest BCUT2D eigenvalue weighted by Gasteiger charge is -2.06. The molecule has 0 saturated heterocycles. The number of aromatic nitrogens is 2. The molecule has 24 heavy (non-hydrogen) atoms. The smallest absolute Gasteiger partial charge is 0.263 e. The van der Waals surface area contributed by atoms with Crippen molar-refractivity contribution in [1.82, 2.24) is 9.78 Å². The third-order valence-electron chi connectivity index (χ3n) is 3.26. The van der Waals surface area contributed by atoms with Crippen molar-refractivity contribution in [1.29, 1.82) is 0 Å². The number of nitrogens with one attached hydrogen (secondary N) is 1. The maximum atomic E-state index is 12.3. The molecule has 2 aromatic carbocycles. The van der Waals surface area contributed by atoms with Gasteiger partial charge in [-0.05, 0) is 42.0 Å². The van der Waals surface area contributed by atoms with Crippen LogP contribution < -0.4 is 4.72 Å². The Hall–Kier alpha value is -1.83. The van der Waals surface area contributed by atoms with Gasteiger partial charge in [0, 0.05) is 21.8 Å². The van der Waals surface area contributed by atoms with Crippen molar-refractivity contribution in [3.8, 4) is 0 Å². The van der Waals surface area contributed by atoms with E-state index < -0.39 is 10.0 Å². The first-order chi connectivity index (χ1) is 11.4. The van der Waals surface area contributed by atoms with E-state index in [1.165, 1.54) is 12.1 Å². The molecule has 0 atom stereocenters. The van der Waals surface area contributed by atoms with Crippen molar-refractivity contribution >= 4 is 43.4 Å². The van der Waals surface area contributed by atoms with Crippen molar-refractivity contribution < 1.29 is 8.42 Å². The zero-order valence-corrected chi connectivity index (χ0v) is 15.5. The highest BCUT2D eigenvalue weighted by atomic mass is 79.9. The van der Waals surface area contributed by atoms with Gasteiger partial charge >= 0.3 is 0 Å². The molecule has 1 N–H and O–H groups in total. The summed E-state index contributed by atoms with van der Waals surface area (Å²) in [6.45, 7) is 0.525. The Morgan fingerprint density at radius 3 is 2.38 bits per heavy atom. The topological polar surface area (TPSA) is 64.0 Å². The monoisotopic (exact) mass is 425 g/mol. The molecule has 124 valence electrons. The van der Waals surface area contributed by atoms with Gasteiger partial charge in [0.15, 0.2) is 5.82 Å². The lowest BCUT2D eigenvalue weighted by molar-refractivity contribution is 0.600. The molecule has 0 unspecified atom stereocenters. The highest BCUT2D eigenvalue weighted by molar-refractivity contribution is 9.10. The van der Waals surface area contributed by atoms with Crippen LogP contribution in [0.3, 0.4) is 0 Å². The van der Waals surface area contributed by atoms with Crippen molar-refractivity contribution in [3.63, 3.8) is 0 Å². The van der Waals surface area contributed by atoms with Crippen LogP contribution in [0.1, 0.15) is 5.56 Å². The molecule has 5 nitrogen and oxygen atoms in total. The molecule has 0 aliphatic rings. The highest BCUT2D eigenvalue weighted by Crippen LogP contribution is 2.18. The van der Waals surface area contributed by atoms with Gasteiger partial charge in [-0.3, -0.25) is 9.40 Å².